The molecule has 0 aliphatic heterocycles. The molecule has 0 spiro atoms. The molecule has 0 aliphatic carbocycles. The highest BCUT2D eigenvalue weighted by Gasteiger charge is 2.18. The van der Waals surface area contributed by atoms with E-state index in [9.17, 15) is 19.8 Å². The molecule has 558 valence electrons. The molecule has 6 heteroatoms. The van der Waals surface area contributed by atoms with Gasteiger partial charge in [-0.05, 0) is 57.8 Å². The van der Waals surface area contributed by atoms with E-state index in [1.54, 1.807) is 6.08 Å². The lowest BCUT2D eigenvalue weighted by molar-refractivity contribution is -0.143. The highest BCUT2D eigenvalue weighted by Crippen LogP contribution is 2.21. The number of allylic oxidation sites excluding steroid dienone is 3. The number of rotatable bonds is 83. The van der Waals surface area contributed by atoms with Gasteiger partial charge in [-0.2, -0.15) is 0 Å². The quantitative estimate of drug-likeness (QED) is 0.0320. The summed E-state index contributed by atoms with van der Waals surface area (Å²) in [5.74, 6) is -0.0318. The van der Waals surface area contributed by atoms with Crippen molar-refractivity contribution in [1.29, 1.82) is 0 Å². The molecule has 0 heterocycles. The van der Waals surface area contributed by atoms with Gasteiger partial charge in [-0.15, -0.1) is 0 Å². The molecule has 0 saturated heterocycles. The zero-order valence-corrected chi connectivity index (χ0v) is 64.2. The van der Waals surface area contributed by atoms with Gasteiger partial charge in [0, 0.05) is 12.8 Å². The highest BCUT2D eigenvalue weighted by molar-refractivity contribution is 5.76. The Bertz CT molecular complexity index is 1480. The summed E-state index contributed by atoms with van der Waals surface area (Å²) in [6.45, 7) is 4.97. The third kappa shape index (κ3) is 79.3. The van der Waals surface area contributed by atoms with Gasteiger partial charge >= 0.3 is 5.97 Å². The highest BCUT2D eigenvalue weighted by atomic mass is 16.5. The molecular formula is C88H171NO5. The van der Waals surface area contributed by atoms with E-state index in [1.165, 1.54) is 437 Å². The minimum absolute atomic E-state index is 0.0265. The molecule has 0 radical (unpaired) electrons. The number of hydrogen-bond acceptors (Lipinski definition) is 5. The third-order valence-corrected chi connectivity index (χ3v) is 20.7. The van der Waals surface area contributed by atoms with Gasteiger partial charge in [-0.1, -0.05) is 456 Å². The summed E-state index contributed by atoms with van der Waals surface area (Å²) >= 11 is 0. The molecule has 0 aromatic heterocycles. The maximum atomic E-state index is 12.6. The second-order valence-corrected chi connectivity index (χ2v) is 30.2. The summed E-state index contributed by atoms with van der Waals surface area (Å²) in [6.07, 6.45) is 109. The van der Waals surface area contributed by atoms with Gasteiger partial charge in [-0.3, -0.25) is 9.59 Å². The van der Waals surface area contributed by atoms with Crippen molar-refractivity contribution >= 4 is 11.9 Å². The van der Waals surface area contributed by atoms with E-state index < -0.39 is 12.1 Å². The van der Waals surface area contributed by atoms with Gasteiger partial charge in [0.2, 0.25) is 5.91 Å². The summed E-state index contributed by atoms with van der Waals surface area (Å²) in [5.41, 5.74) is 0. The molecule has 1 amide bonds. The van der Waals surface area contributed by atoms with Crippen LogP contribution < -0.4 is 5.32 Å². The molecule has 0 rings (SSSR count). The SMILES string of the molecule is CCCCCCCCCCCCCCCCCCCCCCC/C=C/C(O)C(CO)NC(=O)CCCCCCCCCCCCCCCCCCC/C=C\CCCCCCCCCCCCCCCCCCOC(=O)CCCCCCCCCCCCCCCCCCC. The van der Waals surface area contributed by atoms with Gasteiger partial charge in [0.15, 0.2) is 0 Å². The largest absolute Gasteiger partial charge is 0.466 e. The number of carbonyl (C=O) groups excluding carboxylic acids is 2. The number of aliphatic hydroxyl groups excluding tert-OH is 2. The Morgan fingerprint density at radius 1 is 0.287 bits per heavy atom. The van der Waals surface area contributed by atoms with Crippen molar-refractivity contribution in [2.75, 3.05) is 13.2 Å². The van der Waals surface area contributed by atoms with Gasteiger partial charge in [0.05, 0.1) is 25.4 Å². The number of carbonyl (C=O) groups is 2. The predicted molar refractivity (Wildman–Crippen MR) is 417 cm³/mol. The summed E-state index contributed by atoms with van der Waals surface area (Å²) < 4.78 is 5.52. The van der Waals surface area contributed by atoms with E-state index in [4.69, 9.17) is 4.74 Å². The lowest BCUT2D eigenvalue weighted by atomic mass is 10.0. The minimum atomic E-state index is -0.843. The molecule has 6 nitrogen and oxygen atoms in total. The van der Waals surface area contributed by atoms with Crippen LogP contribution >= 0.6 is 0 Å². The van der Waals surface area contributed by atoms with E-state index in [1.807, 2.05) is 6.08 Å². The van der Waals surface area contributed by atoms with Gasteiger partial charge in [0.1, 0.15) is 0 Å². The fraction of sp³-hybridized carbons (Fsp3) is 0.932. The molecule has 2 unspecified atom stereocenters. The van der Waals surface area contributed by atoms with E-state index in [0.29, 0.717) is 19.4 Å². The van der Waals surface area contributed by atoms with Crippen LogP contribution in [0.5, 0.6) is 0 Å². The van der Waals surface area contributed by atoms with Crippen molar-refractivity contribution in [3.05, 3.63) is 24.3 Å². The Kier molecular flexibility index (Phi) is 82.3. The van der Waals surface area contributed by atoms with Gasteiger partial charge in [0.25, 0.3) is 0 Å². The van der Waals surface area contributed by atoms with Gasteiger partial charge in [-0.25, -0.2) is 0 Å². The van der Waals surface area contributed by atoms with Crippen molar-refractivity contribution in [3.8, 4) is 0 Å². The number of hydrogen-bond donors (Lipinski definition) is 3. The van der Waals surface area contributed by atoms with Crippen LogP contribution in [0.2, 0.25) is 0 Å². The molecular weight excluding hydrogens is 1150 g/mol. The fourth-order valence-electron chi connectivity index (χ4n) is 14.1. The molecule has 0 saturated carbocycles. The Morgan fingerprint density at radius 3 is 0.755 bits per heavy atom. The smallest absolute Gasteiger partial charge is 0.305 e. The van der Waals surface area contributed by atoms with Crippen molar-refractivity contribution in [1.82, 2.24) is 5.32 Å². The second-order valence-electron chi connectivity index (χ2n) is 30.2. The zero-order chi connectivity index (χ0) is 67.7. The second kappa shape index (κ2) is 83.8. The van der Waals surface area contributed by atoms with E-state index in [-0.39, 0.29) is 18.5 Å². The van der Waals surface area contributed by atoms with Crippen LogP contribution in [-0.4, -0.2) is 47.4 Å². The molecule has 0 aliphatic rings. The Morgan fingerprint density at radius 2 is 0.500 bits per heavy atom. The molecule has 94 heavy (non-hydrogen) atoms. The summed E-state index contributed by atoms with van der Waals surface area (Å²) in [7, 11) is 0. The standard InChI is InChI=1S/C88H171NO5/c1-3-5-7-9-11-13-15-17-19-21-22-23-39-42-45-49-52-56-60-64-68-72-76-80-86(91)85(84-90)89-87(92)81-77-73-69-65-61-57-53-50-46-43-40-37-35-33-31-29-27-25-24-26-28-30-32-34-36-38-41-44-47-51-55-59-63-67-71-75-79-83-94-88(93)82-78-74-70-66-62-58-54-48-20-18-16-14-12-10-8-6-4-2/h24,26,76,80,85-86,90-91H,3-23,25,27-75,77-79,81-84H2,1-2H3,(H,89,92)/b26-24-,80-76+. The monoisotopic (exact) mass is 1320 g/mol. The number of esters is 1. The normalized spacial score (nSPS) is 12.5. The minimum Gasteiger partial charge on any atom is -0.466 e. The van der Waals surface area contributed by atoms with Crippen LogP contribution in [0.25, 0.3) is 0 Å². The maximum absolute atomic E-state index is 12.6. The maximum Gasteiger partial charge on any atom is 0.305 e. The average molecular weight is 1320 g/mol. The van der Waals surface area contributed by atoms with Crippen molar-refractivity contribution in [2.24, 2.45) is 0 Å². The Balaban J connectivity index is 3.34. The first kappa shape index (κ1) is 92.3. The summed E-state index contributed by atoms with van der Waals surface area (Å²) in [6, 6.07) is -0.626. The van der Waals surface area contributed by atoms with Crippen LogP contribution in [0.4, 0.5) is 0 Å². The predicted octanol–water partition coefficient (Wildman–Crippen LogP) is 29.2. The zero-order valence-electron chi connectivity index (χ0n) is 64.2. The Labute approximate surface area is 590 Å². The van der Waals surface area contributed by atoms with Crippen LogP contribution in [0.3, 0.4) is 0 Å². The van der Waals surface area contributed by atoms with Crippen LogP contribution in [-0.2, 0) is 14.3 Å². The number of aliphatic hydroxyl groups is 2. The lowest BCUT2D eigenvalue weighted by Gasteiger charge is -2.20. The van der Waals surface area contributed by atoms with Crippen molar-refractivity contribution in [2.45, 2.75) is 514 Å². The number of ether oxygens (including phenoxy) is 1. The topological polar surface area (TPSA) is 95.9 Å². The molecule has 0 fully saturated rings. The fourth-order valence-corrected chi connectivity index (χ4v) is 14.1. The summed E-state index contributed by atoms with van der Waals surface area (Å²) in [4.78, 5) is 24.7. The first-order valence-corrected chi connectivity index (χ1v) is 43.6. The lowest BCUT2D eigenvalue weighted by Crippen LogP contribution is -2.45. The van der Waals surface area contributed by atoms with Crippen LogP contribution in [0, 0.1) is 0 Å². The number of nitrogens with one attached hydrogen (secondary N) is 1. The average Bonchev–Trinajstić information content (AvgIpc) is 3.75. The Hall–Kier alpha value is -1.66. The van der Waals surface area contributed by atoms with Crippen LogP contribution in [0.15, 0.2) is 24.3 Å². The molecule has 0 aromatic rings. The van der Waals surface area contributed by atoms with Crippen molar-refractivity contribution in [3.63, 3.8) is 0 Å². The molecule has 3 N–H and O–H groups in total. The first-order valence-electron chi connectivity index (χ1n) is 43.6. The van der Waals surface area contributed by atoms with E-state index in [0.717, 1.165) is 38.5 Å². The molecule has 2 atom stereocenters. The number of unbranched alkanes of at least 4 members (excludes halogenated alkanes) is 70. The molecule has 0 aromatic carbocycles. The van der Waals surface area contributed by atoms with Crippen molar-refractivity contribution < 1.29 is 24.5 Å². The first-order chi connectivity index (χ1) is 46.5. The van der Waals surface area contributed by atoms with E-state index >= 15 is 0 Å². The summed E-state index contributed by atoms with van der Waals surface area (Å²) in [5, 5.41) is 23.3. The van der Waals surface area contributed by atoms with E-state index in [2.05, 4.69) is 31.3 Å². The molecule has 0 bridgehead atoms. The van der Waals surface area contributed by atoms with Gasteiger partial charge < -0.3 is 20.3 Å². The number of amides is 1. The van der Waals surface area contributed by atoms with Crippen LogP contribution in [0.1, 0.15) is 502 Å². The third-order valence-electron chi connectivity index (χ3n) is 20.7.